The van der Waals surface area contributed by atoms with E-state index in [2.05, 4.69) is 0 Å². The fourth-order valence-electron chi connectivity index (χ4n) is 2.59. The van der Waals surface area contributed by atoms with Crippen LogP contribution in [0.2, 0.25) is 0 Å². The molecule has 31 heavy (non-hydrogen) atoms. The van der Waals surface area contributed by atoms with Crippen molar-refractivity contribution in [2.75, 3.05) is 6.61 Å². The van der Waals surface area contributed by atoms with Gasteiger partial charge in [-0.2, -0.15) is 0 Å². The largest absolute Gasteiger partial charge is 0.456 e. The van der Waals surface area contributed by atoms with Crippen molar-refractivity contribution < 1.29 is 47.7 Å². The quantitative estimate of drug-likeness (QED) is 0.237. The van der Waals surface area contributed by atoms with Crippen LogP contribution in [0.15, 0.2) is 0 Å². The van der Waals surface area contributed by atoms with Crippen molar-refractivity contribution in [3.8, 4) is 0 Å². The molecule has 0 N–H and O–H groups in total. The van der Waals surface area contributed by atoms with E-state index in [4.69, 9.17) is 30.5 Å². The van der Waals surface area contributed by atoms with E-state index in [1.165, 1.54) is 20.8 Å². The van der Waals surface area contributed by atoms with E-state index in [-0.39, 0.29) is 62.5 Å². The van der Waals surface area contributed by atoms with Crippen LogP contribution in [0.4, 0.5) is 0 Å². The Morgan fingerprint density at radius 2 is 1.06 bits per heavy atom. The molecule has 1 saturated heterocycles. The minimum absolute atomic E-state index is 0.0307. The van der Waals surface area contributed by atoms with Crippen molar-refractivity contribution in [3.63, 3.8) is 0 Å². The summed E-state index contributed by atoms with van der Waals surface area (Å²) in [4.78, 5) is 69.6. The lowest BCUT2D eigenvalue weighted by Gasteiger charge is -2.38. The number of ketones is 3. The monoisotopic (exact) mass is 462 g/mol. The molecule has 0 saturated carbocycles. The van der Waals surface area contributed by atoms with Crippen LogP contribution in [-0.2, 0) is 47.7 Å². The second-order valence-electron chi connectivity index (χ2n) is 7.23. The van der Waals surface area contributed by atoms with Crippen LogP contribution in [0.1, 0.15) is 59.3 Å². The van der Waals surface area contributed by atoms with Crippen molar-refractivity contribution >= 4 is 46.9 Å². The normalized spacial score (nSPS) is 22.8. The molecule has 1 aliphatic heterocycles. The van der Waals surface area contributed by atoms with Crippen LogP contribution in [0.25, 0.3) is 0 Å². The molecule has 1 unspecified atom stereocenters. The van der Waals surface area contributed by atoms with Crippen LogP contribution < -0.4 is 0 Å². The number of rotatable bonds is 12. The van der Waals surface area contributed by atoms with E-state index < -0.39 is 41.8 Å². The van der Waals surface area contributed by atoms with Gasteiger partial charge in [-0.15, -0.1) is 0 Å². The first-order valence-electron chi connectivity index (χ1n) is 9.82. The fourth-order valence-corrected chi connectivity index (χ4v) is 2.85. The summed E-state index contributed by atoms with van der Waals surface area (Å²) in [5.74, 6) is -2.93. The molecular weight excluding hydrogens is 436 g/mol. The molecule has 0 aliphatic carbocycles. The van der Waals surface area contributed by atoms with Crippen molar-refractivity contribution in [3.05, 3.63) is 0 Å². The van der Waals surface area contributed by atoms with E-state index in [9.17, 15) is 28.8 Å². The number of hydrogen-bond donors (Lipinski definition) is 0. The van der Waals surface area contributed by atoms with Crippen LogP contribution >= 0.6 is 11.6 Å². The molecule has 0 radical (unpaired) electrons. The van der Waals surface area contributed by atoms with E-state index in [1.54, 1.807) is 0 Å². The highest BCUT2D eigenvalue weighted by Gasteiger charge is 2.46. The van der Waals surface area contributed by atoms with Crippen molar-refractivity contribution in [2.45, 2.75) is 83.2 Å². The molecule has 0 spiro atoms. The van der Waals surface area contributed by atoms with Crippen LogP contribution in [0, 0.1) is 0 Å². The van der Waals surface area contributed by atoms with E-state index in [0.717, 1.165) is 0 Å². The molecule has 174 valence electrons. The maximum Gasteiger partial charge on any atom is 0.306 e. The molecule has 1 aliphatic rings. The number of carbonyl (C=O) groups excluding carboxylic acids is 6. The van der Waals surface area contributed by atoms with Crippen molar-refractivity contribution in [1.29, 1.82) is 0 Å². The molecule has 0 aromatic rings. The predicted molar refractivity (Wildman–Crippen MR) is 105 cm³/mol. The van der Waals surface area contributed by atoms with Crippen LogP contribution in [0.3, 0.4) is 0 Å². The highest BCUT2D eigenvalue weighted by molar-refractivity contribution is 6.20. The van der Waals surface area contributed by atoms with Gasteiger partial charge in [0.2, 0.25) is 0 Å². The van der Waals surface area contributed by atoms with Gasteiger partial charge < -0.3 is 33.3 Å². The number of hydrogen-bond acceptors (Lipinski definition) is 10. The second-order valence-corrected chi connectivity index (χ2v) is 7.66. The first-order valence-corrected chi connectivity index (χ1v) is 10.3. The Balaban J connectivity index is 2.94. The fraction of sp³-hybridized carbons (Fsp3) is 0.700. The topological polar surface area (TPSA) is 139 Å². The van der Waals surface area contributed by atoms with Gasteiger partial charge in [0.1, 0.15) is 17.3 Å². The highest BCUT2D eigenvalue weighted by Crippen LogP contribution is 2.27. The molecule has 10 nitrogen and oxygen atoms in total. The summed E-state index contributed by atoms with van der Waals surface area (Å²) >= 11 is 6.10. The SMILES string of the molecule is CC(=O)CCC(=O)O[C@H]1[C@H](OC(=O)CCC(C)=O)COC(Cl)[C@@H]1OC(=O)CCC(C)=O. The Morgan fingerprint density at radius 1 is 0.677 bits per heavy atom. The lowest BCUT2D eigenvalue weighted by Crippen LogP contribution is -2.56. The molecular formula is C20H27ClO10. The average Bonchev–Trinajstić information content (AvgIpc) is 2.67. The summed E-state index contributed by atoms with van der Waals surface area (Å²) in [7, 11) is 0. The summed E-state index contributed by atoms with van der Waals surface area (Å²) in [6, 6.07) is 0. The molecule has 1 rings (SSSR count). The smallest absolute Gasteiger partial charge is 0.306 e. The third-order valence-electron chi connectivity index (χ3n) is 4.23. The van der Waals surface area contributed by atoms with Crippen molar-refractivity contribution in [2.24, 2.45) is 0 Å². The van der Waals surface area contributed by atoms with Gasteiger partial charge >= 0.3 is 17.9 Å². The minimum atomic E-state index is -1.32. The average molecular weight is 463 g/mol. The molecule has 11 heteroatoms. The first-order chi connectivity index (χ1) is 14.5. The van der Waals surface area contributed by atoms with Gasteiger partial charge in [-0.3, -0.25) is 14.4 Å². The second kappa shape index (κ2) is 13.2. The summed E-state index contributed by atoms with van der Waals surface area (Å²) < 4.78 is 21.2. The lowest BCUT2D eigenvalue weighted by atomic mass is 10.1. The Kier molecular flexibility index (Phi) is 11.3. The van der Waals surface area contributed by atoms with Gasteiger partial charge in [-0.05, 0) is 20.8 Å². The Labute approximate surface area is 184 Å². The Morgan fingerprint density at radius 3 is 1.48 bits per heavy atom. The Bertz CT molecular complexity index is 704. The zero-order valence-corrected chi connectivity index (χ0v) is 18.5. The highest BCUT2D eigenvalue weighted by atomic mass is 35.5. The summed E-state index contributed by atoms with van der Waals surface area (Å²) in [5.41, 5.74) is -1.21. The third-order valence-corrected chi connectivity index (χ3v) is 4.60. The maximum absolute atomic E-state index is 12.2. The number of alkyl halides is 1. The zero-order valence-electron chi connectivity index (χ0n) is 17.7. The molecule has 0 aromatic carbocycles. The summed E-state index contributed by atoms with van der Waals surface area (Å²) in [6.45, 7) is 3.71. The van der Waals surface area contributed by atoms with Gasteiger partial charge in [0.15, 0.2) is 23.9 Å². The summed E-state index contributed by atoms with van der Waals surface area (Å²) in [5, 5.41) is 0. The van der Waals surface area contributed by atoms with Crippen LogP contribution in [0.5, 0.6) is 0 Å². The predicted octanol–water partition coefficient (Wildman–Crippen LogP) is 1.42. The maximum atomic E-state index is 12.2. The molecule has 4 atom stereocenters. The van der Waals surface area contributed by atoms with Gasteiger partial charge in [0.05, 0.1) is 25.9 Å². The van der Waals surface area contributed by atoms with E-state index in [0.29, 0.717) is 0 Å². The zero-order chi connectivity index (χ0) is 23.6. The number of Topliss-reactive ketones (excluding diaryl/α,β-unsaturated/α-hetero) is 3. The number of halogens is 1. The molecule has 0 aromatic heterocycles. The van der Waals surface area contributed by atoms with E-state index in [1.807, 2.05) is 0 Å². The number of carbonyl (C=O) groups is 6. The Hall–Kier alpha value is -2.33. The summed E-state index contributed by atoms with van der Waals surface area (Å²) in [6.07, 6.45) is -4.54. The third kappa shape index (κ3) is 10.5. The van der Waals surface area contributed by atoms with E-state index >= 15 is 0 Å². The van der Waals surface area contributed by atoms with Gasteiger partial charge in [0, 0.05) is 19.3 Å². The first kappa shape index (κ1) is 26.7. The molecule has 1 fully saturated rings. The van der Waals surface area contributed by atoms with Gasteiger partial charge in [-0.25, -0.2) is 0 Å². The minimum Gasteiger partial charge on any atom is -0.456 e. The molecule has 1 heterocycles. The molecule has 0 bridgehead atoms. The molecule has 0 amide bonds. The van der Waals surface area contributed by atoms with Gasteiger partial charge in [0.25, 0.3) is 0 Å². The van der Waals surface area contributed by atoms with Crippen LogP contribution in [-0.4, -0.2) is 65.7 Å². The standard InChI is InChI=1S/C20H27ClO10/c1-11(22)4-7-15(25)29-14-10-28-20(21)19(31-17(27)9-6-13(3)24)18(14)30-16(26)8-5-12(2)23/h14,18-20H,4-10H2,1-3H3/t14-,18+,19-,20?/m1/s1. The lowest BCUT2D eigenvalue weighted by molar-refractivity contribution is -0.217. The van der Waals surface area contributed by atoms with Gasteiger partial charge in [-0.1, -0.05) is 11.6 Å². The van der Waals surface area contributed by atoms with Crippen molar-refractivity contribution in [1.82, 2.24) is 0 Å². The number of esters is 3. The number of ether oxygens (including phenoxy) is 4.